The molecule has 1 N–H and O–H groups in total. The number of benzene rings is 2. The Morgan fingerprint density at radius 3 is 2.17 bits per heavy atom. The summed E-state index contributed by atoms with van der Waals surface area (Å²) in [6.07, 6.45) is 5.13. The second-order valence-electron chi connectivity index (χ2n) is 9.43. The molecule has 2 aromatic rings. The normalized spacial score (nSPS) is 15.0. The summed E-state index contributed by atoms with van der Waals surface area (Å²) in [5, 5.41) is 3.07. The van der Waals surface area contributed by atoms with Gasteiger partial charge in [-0.15, -0.1) is 0 Å². The van der Waals surface area contributed by atoms with E-state index in [4.69, 9.17) is 0 Å². The molecular formula is C26H34BrN3O4S. The second-order valence-corrected chi connectivity index (χ2v) is 12.3. The third kappa shape index (κ3) is 7.54. The van der Waals surface area contributed by atoms with Crippen LogP contribution in [0.2, 0.25) is 0 Å². The van der Waals surface area contributed by atoms with Crippen LogP contribution in [-0.4, -0.2) is 50.0 Å². The van der Waals surface area contributed by atoms with E-state index < -0.39 is 22.0 Å². The lowest BCUT2D eigenvalue weighted by atomic mass is 10.1. The third-order valence-electron chi connectivity index (χ3n) is 6.31. The fourth-order valence-corrected chi connectivity index (χ4v) is 5.57. The van der Waals surface area contributed by atoms with E-state index in [1.165, 1.54) is 4.90 Å². The molecule has 2 aromatic carbocycles. The largest absolute Gasteiger partial charge is 0.352 e. The van der Waals surface area contributed by atoms with Crippen LogP contribution in [0, 0.1) is 13.8 Å². The van der Waals surface area contributed by atoms with Gasteiger partial charge in [0.05, 0.1) is 11.9 Å². The highest BCUT2D eigenvalue weighted by Crippen LogP contribution is 2.23. The number of anilines is 1. The van der Waals surface area contributed by atoms with E-state index in [1.54, 1.807) is 19.1 Å². The van der Waals surface area contributed by atoms with Gasteiger partial charge in [0, 0.05) is 17.1 Å². The summed E-state index contributed by atoms with van der Waals surface area (Å²) in [6, 6.07) is 12.3. The summed E-state index contributed by atoms with van der Waals surface area (Å²) < 4.78 is 27.4. The molecule has 3 rings (SSSR count). The van der Waals surface area contributed by atoms with E-state index in [9.17, 15) is 18.0 Å². The summed E-state index contributed by atoms with van der Waals surface area (Å²) in [6.45, 7) is 5.26. The Bertz CT molecular complexity index is 1140. The Labute approximate surface area is 217 Å². The first-order valence-electron chi connectivity index (χ1n) is 11.8. The molecule has 0 bridgehead atoms. The van der Waals surface area contributed by atoms with Crippen molar-refractivity contribution in [1.82, 2.24) is 10.2 Å². The number of nitrogens with one attached hydrogen (secondary N) is 1. The predicted octanol–water partition coefficient (Wildman–Crippen LogP) is 4.31. The lowest BCUT2D eigenvalue weighted by molar-refractivity contribution is -0.139. The molecule has 0 aliphatic heterocycles. The Kier molecular flexibility index (Phi) is 8.99. The van der Waals surface area contributed by atoms with E-state index in [2.05, 4.69) is 21.2 Å². The van der Waals surface area contributed by atoms with E-state index in [0.29, 0.717) is 5.69 Å². The van der Waals surface area contributed by atoms with E-state index in [0.717, 1.165) is 57.4 Å². The molecule has 0 saturated heterocycles. The van der Waals surface area contributed by atoms with Gasteiger partial charge in [-0.3, -0.25) is 13.9 Å². The summed E-state index contributed by atoms with van der Waals surface area (Å²) in [5.41, 5.74) is 3.08. The number of amides is 2. The summed E-state index contributed by atoms with van der Waals surface area (Å²) in [7, 11) is -3.74. The molecule has 1 unspecified atom stereocenters. The second kappa shape index (κ2) is 11.6. The number of nitrogens with zero attached hydrogens (tertiary/aromatic N) is 2. The van der Waals surface area contributed by atoms with Gasteiger partial charge in [-0.05, 0) is 74.6 Å². The van der Waals surface area contributed by atoms with Gasteiger partial charge in [0.15, 0.2) is 0 Å². The number of carbonyl (C=O) groups is 2. The molecule has 1 atom stereocenters. The van der Waals surface area contributed by atoms with Gasteiger partial charge in [-0.1, -0.05) is 47.0 Å². The number of halogens is 1. The summed E-state index contributed by atoms with van der Waals surface area (Å²) in [4.78, 5) is 28.2. The van der Waals surface area contributed by atoms with Gasteiger partial charge in [0.2, 0.25) is 21.8 Å². The SMILES string of the molecule is Cc1cc(C)cc(N(CC(=O)N(Cc2ccc(Br)cc2)C(C)C(=O)NC2CCCC2)S(C)(=O)=O)c1. The maximum atomic E-state index is 13.6. The van der Waals surface area contributed by atoms with Crippen molar-refractivity contribution in [2.45, 2.75) is 65.1 Å². The molecule has 1 aliphatic carbocycles. The standard InChI is InChI=1S/C26H34BrN3O4S/c1-18-13-19(2)15-24(14-18)30(35(4,33)34)17-25(31)29(16-21-9-11-22(27)12-10-21)20(3)26(32)28-23-7-5-6-8-23/h9-15,20,23H,5-8,16-17H2,1-4H3,(H,28,32). The number of hydrogen-bond acceptors (Lipinski definition) is 4. The van der Waals surface area contributed by atoms with Crippen molar-refractivity contribution in [2.75, 3.05) is 17.1 Å². The molecule has 0 heterocycles. The first-order chi connectivity index (χ1) is 16.4. The number of hydrogen-bond donors (Lipinski definition) is 1. The monoisotopic (exact) mass is 563 g/mol. The maximum absolute atomic E-state index is 13.6. The highest BCUT2D eigenvalue weighted by atomic mass is 79.9. The van der Waals surface area contributed by atoms with Gasteiger partial charge in [-0.25, -0.2) is 8.42 Å². The highest BCUT2D eigenvalue weighted by Gasteiger charge is 2.31. The van der Waals surface area contributed by atoms with Crippen molar-refractivity contribution in [3.8, 4) is 0 Å². The molecule has 190 valence electrons. The van der Waals surface area contributed by atoms with Crippen molar-refractivity contribution in [3.63, 3.8) is 0 Å². The van der Waals surface area contributed by atoms with Crippen LogP contribution in [0.5, 0.6) is 0 Å². The Morgan fingerprint density at radius 2 is 1.63 bits per heavy atom. The molecular weight excluding hydrogens is 530 g/mol. The number of carbonyl (C=O) groups excluding carboxylic acids is 2. The summed E-state index contributed by atoms with van der Waals surface area (Å²) in [5.74, 6) is -0.661. The minimum absolute atomic E-state index is 0.123. The van der Waals surface area contributed by atoms with Gasteiger partial charge < -0.3 is 10.2 Å². The van der Waals surface area contributed by atoms with E-state index >= 15 is 0 Å². The average molecular weight is 565 g/mol. The van der Waals surface area contributed by atoms with E-state index in [-0.39, 0.29) is 25.0 Å². The smallest absolute Gasteiger partial charge is 0.244 e. The Balaban J connectivity index is 1.89. The van der Waals surface area contributed by atoms with Crippen LogP contribution >= 0.6 is 15.9 Å². The van der Waals surface area contributed by atoms with Crippen LogP contribution in [0.25, 0.3) is 0 Å². The molecule has 1 saturated carbocycles. The molecule has 7 nitrogen and oxygen atoms in total. The first kappa shape index (κ1) is 27.2. The number of aryl methyl sites for hydroxylation is 2. The van der Waals surface area contributed by atoms with Crippen molar-refractivity contribution in [2.24, 2.45) is 0 Å². The van der Waals surface area contributed by atoms with Gasteiger partial charge >= 0.3 is 0 Å². The molecule has 9 heteroatoms. The zero-order valence-electron chi connectivity index (χ0n) is 20.8. The molecule has 0 spiro atoms. The Hall–Kier alpha value is -2.39. The minimum atomic E-state index is -3.74. The quantitative estimate of drug-likeness (QED) is 0.492. The zero-order valence-corrected chi connectivity index (χ0v) is 23.2. The lowest BCUT2D eigenvalue weighted by Gasteiger charge is -2.32. The number of rotatable bonds is 9. The van der Waals surface area contributed by atoms with Gasteiger partial charge in [0.1, 0.15) is 12.6 Å². The molecule has 0 aromatic heterocycles. The van der Waals surface area contributed by atoms with Gasteiger partial charge in [-0.2, -0.15) is 0 Å². The molecule has 1 fully saturated rings. The zero-order chi connectivity index (χ0) is 25.8. The molecule has 2 amide bonds. The van der Waals surface area contributed by atoms with Crippen LogP contribution in [0.4, 0.5) is 5.69 Å². The number of sulfonamides is 1. The van der Waals surface area contributed by atoms with Crippen LogP contribution < -0.4 is 9.62 Å². The van der Waals surface area contributed by atoms with Crippen LogP contribution in [0.15, 0.2) is 46.9 Å². The van der Waals surface area contributed by atoms with Crippen LogP contribution in [-0.2, 0) is 26.2 Å². The predicted molar refractivity (Wildman–Crippen MR) is 143 cm³/mol. The van der Waals surface area contributed by atoms with Gasteiger partial charge in [0.25, 0.3) is 0 Å². The van der Waals surface area contributed by atoms with E-state index in [1.807, 2.05) is 44.2 Å². The molecule has 35 heavy (non-hydrogen) atoms. The Morgan fingerprint density at radius 1 is 1.06 bits per heavy atom. The van der Waals surface area contributed by atoms with Crippen molar-refractivity contribution >= 4 is 43.5 Å². The minimum Gasteiger partial charge on any atom is -0.352 e. The molecule has 1 aliphatic rings. The highest BCUT2D eigenvalue weighted by molar-refractivity contribution is 9.10. The lowest BCUT2D eigenvalue weighted by Crippen LogP contribution is -2.52. The topological polar surface area (TPSA) is 86.8 Å². The van der Waals surface area contributed by atoms with Crippen molar-refractivity contribution < 1.29 is 18.0 Å². The average Bonchev–Trinajstić information content (AvgIpc) is 3.28. The fraction of sp³-hybridized carbons (Fsp3) is 0.462. The first-order valence-corrected chi connectivity index (χ1v) is 14.5. The van der Waals surface area contributed by atoms with Crippen LogP contribution in [0.1, 0.15) is 49.3 Å². The fourth-order valence-electron chi connectivity index (χ4n) is 4.47. The van der Waals surface area contributed by atoms with Crippen molar-refractivity contribution in [1.29, 1.82) is 0 Å². The van der Waals surface area contributed by atoms with Crippen LogP contribution in [0.3, 0.4) is 0 Å². The molecule has 0 radical (unpaired) electrons. The van der Waals surface area contributed by atoms with Crippen molar-refractivity contribution in [3.05, 3.63) is 63.6 Å². The maximum Gasteiger partial charge on any atom is 0.244 e. The summed E-state index contributed by atoms with van der Waals surface area (Å²) >= 11 is 3.42. The third-order valence-corrected chi connectivity index (χ3v) is 7.98.